The first kappa shape index (κ1) is 11.5. The van der Waals surface area contributed by atoms with Crippen LogP contribution in [0.5, 0.6) is 0 Å². The summed E-state index contributed by atoms with van der Waals surface area (Å²) >= 11 is 1.77. The van der Waals surface area contributed by atoms with Crippen molar-refractivity contribution in [2.45, 2.75) is 61.4 Å². The van der Waals surface area contributed by atoms with Crippen LogP contribution in [-0.2, 0) is 0 Å². The molecule has 0 atom stereocenters. The van der Waals surface area contributed by atoms with Crippen LogP contribution in [-0.4, -0.2) is 26.1 Å². The monoisotopic (exact) mass is 252 g/mol. The molecule has 0 bridgehead atoms. The molecule has 0 saturated heterocycles. The average molecular weight is 252 g/mol. The molecule has 2 saturated carbocycles. The number of thioether (sulfide) groups is 1. The third-order valence-corrected chi connectivity index (χ3v) is 4.58. The lowest BCUT2D eigenvalue weighted by atomic mass is 10.2. The van der Waals surface area contributed by atoms with Gasteiger partial charge in [-0.1, -0.05) is 11.8 Å². The predicted molar refractivity (Wildman–Crippen MR) is 69.3 cm³/mol. The average Bonchev–Trinajstić information content (AvgIpc) is 3.18. The Bertz CT molecular complexity index is 418. The highest BCUT2D eigenvalue weighted by atomic mass is 32.2. The Kier molecular flexibility index (Phi) is 2.70. The summed E-state index contributed by atoms with van der Waals surface area (Å²) < 4.78 is 2.43. The molecule has 1 aromatic rings. The molecule has 2 N–H and O–H groups in total. The molecule has 0 aromatic carbocycles. The van der Waals surface area contributed by atoms with E-state index in [2.05, 4.69) is 28.6 Å². The van der Waals surface area contributed by atoms with Crippen molar-refractivity contribution in [3.63, 3.8) is 0 Å². The highest BCUT2D eigenvalue weighted by Crippen LogP contribution is 2.47. The van der Waals surface area contributed by atoms with Crippen molar-refractivity contribution in [3.05, 3.63) is 5.82 Å². The van der Waals surface area contributed by atoms with Gasteiger partial charge in [0.2, 0.25) is 0 Å². The molecule has 0 aliphatic heterocycles. The molecule has 3 rings (SSSR count). The van der Waals surface area contributed by atoms with Crippen molar-refractivity contribution in [3.8, 4) is 0 Å². The van der Waals surface area contributed by atoms with Crippen LogP contribution in [0.25, 0.3) is 0 Å². The SMILES string of the molecule is CC(C)(CN)Sc1nnc(C2CC2)n1C1CC1. The minimum atomic E-state index is 0.0422. The van der Waals surface area contributed by atoms with Crippen LogP contribution < -0.4 is 5.73 Å². The minimum Gasteiger partial charge on any atom is -0.329 e. The van der Waals surface area contributed by atoms with Gasteiger partial charge in [-0.25, -0.2) is 0 Å². The highest BCUT2D eigenvalue weighted by Gasteiger charge is 2.37. The van der Waals surface area contributed by atoms with E-state index < -0.39 is 0 Å². The lowest BCUT2D eigenvalue weighted by Crippen LogP contribution is -2.27. The lowest BCUT2D eigenvalue weighted by Gasteiger charge is -2.21. The summed E-state index contributed by atoms with van der Waals surface area (Å²) in [5.74, 6) is 1.90. The first-order valence-corrected chi connectivity index (χ1v) is 7.26. The lowest BCUT2D eigenvalue weighted by molar-refractivity contribution is 0.619. The fourth-order valence-electron chi connectivity index (χ4n) is 1.94. The Hall–Kier alpha value is -0.550. The topological polar surface area (TPSA) is 56.7 Å². The molecule has 94 valence electrons. The number of nitrogens with zero attached hydrogens (tertiary/aromatic N) is 3. The van der Waals surface area contributed by atoms with Crippen LogP contribution in [0.1, 0.15) is 57.3 Å². The summed E-state index contributed by atoms with van der Waals surface area (Å²) in [6.45, 7) is 4.99. The van der Waals surface area contributed by atoms with Crippen LogP contribution >= 0.6 is 11.8 Å². The van der Waals surface area contributed by atoms with Gasteiger partial charge in [-0.05, 0) is 39.5 Å². The maximum atomic E-state index is 5.80. The number of rotatable bonds is 5. The number of aromatic nitrogens is 3. The fourth-order valence-corrected chi connectivity index (χ4v) is 2.94. The largest absolute Gasteiger partial charge is 0.329 e. The Morgan fingerprint density at radius 1 is 1.29 bits per heavy atom. The molecule has 4 nitrogen and oxygen atoms in total. The van der Waals surface area contributed by atoms with E-state index in [-0.39, 0.29) is 4.75 Å². The third-order valence-electron chi connectivity index (χ3n) is 3.40. The molecule has 5 heteroatoms. The zero-order valence-electron chi connectivity index (χ0n) is 10.5. The van der Waals surface area contributed by atoms with Gasteiger partial charge in [0.25, 0.3) is 0 Å². The van der Waals surface area contributed by atoms with Gasteiger partial charge < -0.3 is 10.3 Å². The van der Waals surface area contributed by atoms with Crippen molar-refractivity contribution in [2.75, 3.05) is 6.54 Å². The second-order valence-electron chi connectivity index (χ2n) is 5.78. The summed E-state index contributed by atoms with van der Waals surface area (Å²) in [5, 5.41) is 9.88. The number of hydrogen-bond donors (Lipinski definition) is 1. The van der Waals surface area contributed by atoms with Gasteiger partial charge in [0.05, 0.1) is 0 Å². The van der Waals surface area contributed by atoms with Gasteiger partial charge in [-0.3, -0.25) is 0 Å². The zero-order chi connectivity index (χ0) is 12.0. The molecule has 0 unspecified atom stereocenters. The summed E-state index contributed by atoms with van der Waals surface area (Å²) in [6, 6.07) is 0.664. The van der Waals surface area contributed by atoms with Crippen molar-refractivity contribution in [2.24, 2.45) is 5.73 Å². The Morgan fingerprint density at radius 3 is 2.53 bits per heavy atom. The van der Waals surface area contributed by atoms with Gasteiger partial charge >= 0.3 is 0 Å². The molecule has 2 aliphatic carbocycles. The van der Waals surface area contributed by atoms with Crippen molar-refractivity contribution >= 4 is 11.8 Å². The molecule has 0 radical (unpaired) electrons. The Balaban J connectivity index is 1.88. The molecule has 1 aromatic heterocycles. The molecule has 0 spiro atoms. The van der Waals surface area contributed by atoms with Crippen LogP contribution in [0.4, 0.5) is 0 Å². The van der Waals surface area contributed by atoms with E-state index in [4.69, 9.17) is 5.73 Å². The highest BCUT2D eigenvalue weighted by molar-refractivity contribution is 8.00. The van der Waals surface area contributed by atoms with Crippen LogP contribution in [0.15, 0.2) is 5.16 Å². The summed E-state index contributed by atoms with van der Waals surface area (Å²) in [4.78, 5) is 0. The van der Waals surface area contributed by atoms with E-state index in [0.29, 0.717) is 18.5 Å². The van der Waals surface area contributed by atoms with E-state index in [1.807, 2.05) is 0 Å². The Morgan fingerprint density at radius 2 is 2.00 bits per heavy atom. The maximum Gasteiger partial charge on any atom is 0.192 e. The summed E-state index contributed by atoms with van der Waals surface area (Å²) in [5.41, 5.74) is 5.80. The van der Waals surface area contributed by atoms with E-state index in [1.54, 1.807) is 11.8 Å². The summed E-state index contributed by atoms with van der Waals surface area (Å²) in [7, 11) is 0. The van der Waals surface area contributed by atoms with Crippen LogP contribution in [0.3, 0.4) is 0 Å². The standard InChI is InChI=1S/C12H20N4S/c1-12(2,7-13)17-11-15-14-10(8-3-4-8)16(11)9-5-6-9/h8-9H,3-7,13H2,1-2H3. The second kappa shape index (κ2) is 3.99. The summed E-state index contributed by atoms with van der Waals surface area (Å²) in [6.07, 6.45) is 5.15. The minimum absolute atomic E-state index is 0.0422. The van der Waals surface area contributed by atoms with E-state index in [9.17, 15) is 0 Å². The molecule has 2 aliphatic rings. The fraction of sp³-hybridized carbons (Fsp3) is 0.833. The molecule has 0 amide bonds. The van der Waals surface area contributed by atoms with Gasteiger partial charge in [0, 0.05) is 23.3 Å². The number of nitrogens with two attached hydrogens (primary N) is 1. The predicted octanol–water partition coefficient (Wildman–Crippen LogP) is 2.32. The second-order valence-corrected chi connectivity index (χ2v) is 7.46. The van der Waals surface area contributed by atoms with Crippen molar-refractivity contribution in [1.82, 2.24) is 14.8 Å². The maximum absolute atomic E-state index is 5.80. The van der Waals surface area contributed by atoms with Gasteiger partial charge in [0.15, 0.2) is 5.16 Å². The van der Waals surface area contributed by atoms with Crippen molar-refractivity contribution < 1.29 is 0 Å². The van der Waals surface area contributed by atoms with E-state index in [1.165, 1.54) is 31.5 Å². The van der Waals surface area contributed by atoms with Gasteiger partial charge in [-0.15, -0.1) is 10.2 Å². The first-order valence-electron chi connectivity index (χ1n) is 6.44. The van der Waals surface area contributed by atoms with Gasteiger partial charge in [0.1, 0.15) is 5.82 Å². The Labute approximate surface area is 106 Å². The van der Waals surface area contributed by atoms with E-state index in [0.717, 1.165) is 5.16 Å². The van der Waals surface area contributed by atoms with E-state index >= 15 is 0 Å². The zero-order valence-corrected chi connectivity index (χ0v) is 11.3. The van der Waals surface area contributed by atoms with Gasteiger partial charge in [-0.2, -0.15) is 0 Å². The molecular formula is C12H20N4S. The van der Waals surface area contributed by atoms with Crippen LogP contribution in [0.2, 0.25) is 0 Å². The molecule has 17 heavy (non-hydrogen) atoms. The quantitative estimate of drug-likeness (QED) is 0.817. The molecular weight excluding hydrogens is 232 g/mol. The van der Waals surface area contributed by atoms with Crippen molar-refractivity contribution in [1.29, 1.82) is 0 Å². The molecule has 1 heterocycles. The molecule has 2 fully saturated rings. The van der Waals surface area contributed by atoms with Crippen LogP contribution in [0, 0.1) is 0 Å². The normalized spacial score (nSPS) is 20.9. The smallest absolute Gasteiger partial charge is 0.192 e. The third kappa shape index (κ3) is 2.36. The number of hydrogen-bond acceptors (Lipinski definition) is 4. The first-order chi connectivity index (χ1) is 8.11.